The summed E-state index contributed by atoms with van der Waals surface area (Å²) in [4.78, 5) is 10.1. The quantitative estimate of drug-likeness (QED) is 0.639. The molecular formula is C6H9N3O2S. The molecule has 2 N–H and O–H groups in total. The lowest BCUT2D eigenvalue weighted by molar-refractivity contribution is -0.136. The molecule has 0 aliphatic heterocycles. The van der Waals surface area contributed by atoms with Crippen LogP contribution in [-0.4, -0.2) is 27.2 Å². The van der Waals surface area contributed by atoms with Crippen LogP contribution in [0, 0.1) is 0 Å². The third kappa shape index (κ3) is 3.40. The van der Waals surface area contributed by atoms with Gasteiger partial charge in [0, 0.05) is 18.5 Å². The summed E-state index contributed by atoms with van der Waals surface area (Å²) in [5.74, 6) is -0.793. The van der Waals surface area contributed by atoms with Gasteiger partial charge in [-0.25, -0.2) is 0 Å². The Labute approximate surface area is 73.6 Å². The monoisotopic (exact) mass is 187 g/mol. The summed E-state index contributed by atoms with van der Waals surface area (Å²) in [6.45, 7) is 1.05. The highest BCUT2D eigenvalue weighted by molar-refractivity contribution is 7.03. The van der Waals surface area contributed by atoms with Crippen molar-refractivity contribution < 1.29 is 9.90 Å². The van der Waals surface area contributed by atoms with Crippen LogP contribution < -0.4 is 5.32 Å². The van der Waals surface area contributed by atoms with Crippen molar-refractivity contribution in [2.75, 3.05) is 6.54 Å². The van der Waals surface area contributed by atoms with Crippen LogP contribution in [0.15, 0.2) is 5.38 Å². The minimum atomic E-state index is -0.793. The number of hydrogen-bond acceptors (Lipinski definition) is 5. The average Bonchev–Trinajstić information content (AvgIpc) is 2.49. The average molecular weight is 187 g/mol. The van der Waals surface area contributed by atoms with Gasteiger partial charge >= 0.3 is 5.97 Å². The van der Waals surface area contributed by atoms with E-state index in [1.54, 1.807) is 0 Å². The zero-order valence-corrected chi connectivity index (χ0v) is 7.17. The van der Waals surface area contributed by atoms with Crippen molar-refractivity contribution in [3.05, 3.63) is 11.1 Å². The van der Waals surface area contributed by atoms with Crippen LogP contribution in [0.1, 0.15) is 12.1 Å². The van der Waals surface area contributed by atoms with Gasteiger partial charge < -0.3 is 10.4 Å². The van der Waals surface area contributed by atoms with Crippen LogP contribution in [0.3, 0.4) is 0 Å². The molecule has 0 saturated carbocycles. The lowest BCUT2D eigenvalue weighted by Crippen LogP contribution is -2.17. The molecule has 0 bridgehead atoms. The first-order valence-electron chi connectivity index (χ1n) is 3.47. The number of aromatic nitrogens is 2. The van der Waals surface area contributed by atoms with Crippen molar-refractivity contribution in [2.45, 2.75) is 13.0 Å². The highest BCUT2D eigenvalue weighted by Crippen LogP contribution is 1.95. The highest BCUT2D eigenvalue weighted by atomic mass is 32.1. The molecule has 1 rings (SSSR count). The van der Waals surface area contributed by atoms with Crippen LogP contribution in [-0.2, 0) is 11.3 Å². The fraction of sp³-hybridized carbons (Fsp3) is 0.500. The van der Waals surface area contributed by atoms with E-state index in [0.717, 1.165) is 5.69 Å². The van der Waals surface area contributed by atoms with Gasteiger partial charge in [-0.15, -0.1) is 5.10 Å². The van der Waals surface area contributed by atoms with Crippen LogP contribution in [0.5, 0.6) is 0 Å². The predicted octanol–water partition coefficient (Wildman–Crippen LogP) is 0.102. The van der Waals surface area contributed by atoms with E-state index in [9.17, 15) is 4.79 Å². The van der Waals surface area contributed by atoms with Gasteiger partial charge in [0.25, 0.3) is 0 Å². The summed E-state index contributed by atoms with van der Waals surface area (Å²) in [7, 11) is 0. The molecule has 0 fully saturated rings. The Morgan fingerprint density at radius 2 is 2.58 bits per heavy atom. The first-order chi connectivity index (χ1) is 5.79. The minimum absolute atomic E-state index is 0.136. The maximum Gasteiger partial charge on any atom is 0.304 e. The Hall–Kier alpha value is -1.01. The molecule has 0 aliphatic carbocycles. The fourth-order valence-electron chi connectivity index (χ4n) is 0.673. The molecule has 1 aromatic rings. The number of carboxylic acid groups (broad SMARTS) is 1. The molecule has 12 heavy (non-hydrogen) atoms. The summed E-state index contributed by atoms with van der Waals surface area (Å²) in [5.41, 5.74) is 0.852. The Morgan fingerprint density at radius 1 is 1.75 bits per heavy atom. The number of aliphatic carboxylic acids is 1. The molecule has 0 amide bonds. The zero-order valence-electron chi connectivity index (χ0n) is 6.36. The Morgan fingerprint density at radius 3 is 3.17 bits per heavy atom. The van der Waals surface area contributed by atoms with Crippen molar-refractivity contribution >= 4 is 17.5 Å². The number of carboxylic acids is 1. The first-order valence-corrected chi connectivity index (χ1v) is 4.31. The molecule has 0 atom stereocenters. The van der Waals surface area contributed by atoms with Crippen molar-refractivity contribution in [3.8, 4) is 0 Å². The standard InChI is InChI=1S/C6H9N3O2S/c10-6(11)1-2-7-3-5-4-12-9-8-5/h4,7H,1-3H2,(H,10,11). The summed E-state index contributed by atoms with van der Waals surface area (Å²) < 4.78 is 3.67. The van der Waals surface area contributed by atoms with E-state index < -0.39 is 5.97 Å². The Kier molecular flexibility index (Phi) is 3.62. The second kappa shape index (κ2) is 4.78. The van der Waals surface area contributed by atoms with E-state index in [1.807, 2.05) is 5.38 Å². The van der Waals surface area contributed by atoms with Crippen LogP contribution in [0.4, 0.5) is 0 Å². The number of nitrogens with zero attached hydrogens (tertiary/aromatic N) is 2. The molecule has 66 valence electrons. The smallest absolute Gasteiger partial charge is 0.304 e. The van der Waals surface area contributed by atoms with E-state index in [-0.39, 0.29) is 6.42 Å². The maximum atomic E-state index is 10.1. The van der Waals surface area contributed by atoms with Gasteiger partial charge in [-0.05, 0) is 11.5 Å². The normalized spacial score (nSPS) is 10.0. The number of rotatable bonds is 5. The summed E-state index contributed by atoms with van der Waals surface area (Å²) in [6.07, 6.45) is 0.136. The van der Waals surface area contributed by atoms with Crippen LogP contribution in [0.2, 0.25) is 0 Å². The van der Waals surface area contributed by atoms with Crippen LogP contribution in [0.25, 0.3) is 0 Å². The molecule has 0 aliphatic rings. The number of carbonyl (C=O) groups is 1. The summed E-state index contributed by atoms with van der Waals surface area (Å²) in [5, 5.41) is 16.9. The lowest BCUT2D eigenvalue weighted by Gasteiger charge is -1.97. The Balaban J connectivity index is 2.07. The summed E-state index contributed by atoms with van der Waals surface area (Å²) >= 11 is 1.29. The molecule has 5 nitrogen and oxygen atoms in total. The molecular weight excluding hydrogens is 178 g/mol. The molecule has 6 heteroatoms. The van der Waals surface area contributed by atoms with E-state index >= 15 is 0 Å². The molecule has 0 aromatic carbocycles. The number of nitrogens with one attached hydrogen (secondary N) is 1. The summed E-state index contributed by atoms with van der Waals surface area (Å²) in [6, 6.07) is 0. The van der Waals surface area contributed by atoms with E-state index in [2.05, 4.69) is 14.9 Å². The van der Waals surface area contributed by atoms with Gasteiger partial charge in [-0.1, -0.05) is 4.49 Å². The predicted molar refractivity (Wildman–Crippen MR) is 43.9 cm³/mol. The van der Waals surface area contributed by atoms with Crippen molar-refractivity contribution in [1.29, 1.82) is 0 Å². The number of hydrogen-bond donors (Lipinski definition) is 2. The third-order valence-corrected chi connectivity index (χ3v) is 1.78. The van der Waals surface area contributed by atoms with E-state index in [4.69, 9.17) is 5.11 Å². The van der Waals surface area contributed by atoms with Crippen molar-refractivity contribution in [1.82, 2.24) is 14.9 Å². The minimum Gasteiger partial charge on any atom is -0.481 e. The molecule has 0 saturated heterocycles. The second-order valence-corrected chi connectivity index (χ2v) is 2.83. The maximum absolute atomic E-state index is 10.1. The van der Waals surface area contributed by atoms with Crippen molar-refractivity contribution in [2.24, 2.45) is 0 Å². The molecule has 0 radical (unpaired) electrons. The van der Waals surface area contributed by atoms with Gasteiger partial charge in [0.1, 0.15) is 0 Å². The topological polar surface area (TPSA) is 75.1 Å². The van der Waals surface area contributed by atoms with E-state index in [0.29, 0.717) is 13.1 Å². The van der Waals surface area contributed by atoms with Gasteiger partial charge in [-0.3, -0.25) is 4.79 Å². The van der Waals surface area contributed by atoms with Gasteiger partial charge in [0.15, 0.2) is 0 Å². The zero-order chi connectivity index (χ0) is 8.81. The third-order valence-electron chi connectivity index (χ3n) is 1.23. The Bertz CT molecular complexity index is 237. The lowest BCUT2D eigenvalue weighted by atomic mass is 10.4. The molecule has 0 unspecified atom stereocenters. The molecule has 0 spiro atoms. The molecule has 1 aromatic heterocycles. The van der Waals surface area contributed by atoms with Crippen LogP contribution >= 0.6 is 11.5 Å². The molecule has 1 heterocycles. The van der Waals surface area contributed by atoms with Gasteiger partial charge in [-0.2, -0.15) is 0 Å². The van der Waals surface area contributed by atoms with Gasteiger partial charge in [0.2, 0.25) is 0 Å². The first kappa shape index (κ1) is 9.08. The SMILES string of the molecule is O=C(O)CCNCc1csnn1. The highest BCUT2D eigenvalue weighted by Gasteiger charge is 1.97. The van der Waals surface area contributed by atoms with Crippen molar-refractivity contribution in [3.63, 3.8) is 0 Å². The largest absolute Gasteiger partial charge is 0.481 e. The fourth-order valence-corrected chi connectivity index (χ4v) is 1.12. The van der Waals surface area contributed by atoms with E-state index in [1.165, 1.54) is 11.5 Å². The van der Waals surface area contributed by atoms with Gasteiger partial charge in [0.05, 0.1) is 12.1 Å². The second-order valence-electron chi connectivity index (χ2n) is 2.22.